The first-order chi connectivity index (χ1) is 21.0. The predicted molar refractivity (Wildman–Crippen MR) is 162 cm³/mol. The Morgan fingerprint density at radius 1 is 0.884 bits per heavy atom. The molecule has 2 fully saturated rings. The van der Waals surface area contributed by atoms with E-state index in [1.54, 1.807) is 0 Å². The second kappa shape index (κ2) is 11.3. The molecule has 1 amide bonds. The predicted octanol–water partition coefficient (Wildman–Crippen LogP) is 5.22. The van der Waals surface area contributed by atoms with Crippen molar-refractivity contribution in [1.82, 2.24) is 34.4 Å². The fourth-order valence-electron chi connectivity index (χ4n) is 6.14. The Bertz CT molecular complexity index is 1720. The lowest BCUT2D eigenvalue weighted by molar-refractivity contribution is 0.124. The van der Waals surface area contributed by atoms with E-state index >= 15 is 0 Å². The van der Waals surface area contributed by atoms with Crippen molar-refractivity contribution < 1.29 is 14.6 Å². The van der Waals surface area contributed by atoms with Crippen LogP contribution in [0.2, 0.25) is 0 Å². The van der Waals surface area contributed by atoms with Gasteiger partial charge in [0.2, 0.25) is 0 Å². The number of carbonyl (C=O) groups is 1. The van der Waals surface area contributed by atoms with Crippen LogP contribution in [0.1, 0.15) is 37.8 Å². The van der Waals surface area contributed by atoms with Gasteiger partial charge in [-0.3, -0.25) is 4.68 Å². The average Bonchev–Trinajstić information content (AvgIpc) is 3.69. The van der Waals surface area contributed by atoms with E-state index in [0.29, 0.717) is 18.9 Å². The number of hydrogen-bond donors (Lipinski definition) is 2. The van der Waals surface area contributed by atoms with Gasteiger partial charge in [0, 0.05) is 37.9 Å². The van der Waals surface area contributed by atoms with Gasteiger partial charge >= 0.3 is 6.09 Å². The zero-order valence-corrected chi connectivity index (χ0v) is 23.7. The summed E-state index contributed by atoms with van der Waals surface area (Å²) in [5.74, 6) is 1.93. The SMILES string of the molecule is Nc1ncnc2c1c(-c1ccc(Oc3ccccc3)cc1)nn2C1CCN(c2cnn(C3CCN(C(=O)O)CC3)c2)CC1. The van der Waals surface area contributed by atoms with E-state index in [1.807, 2.05) is 70.2 Å². The topological polar surface area (TPSA) is 140 Å². The highest BCUT2D eigenvalue weighted by atomic mass is 16.5. The highest BCUT2D eigenvalue weighted by Crippen LogP contribution is 2.36. The van der Waals surface area contributed by atoms with Crippen LogP contribution in [-0.2, 0) is 0 Å². The number of hydrogen-bond acceptors (Lipinski definition) is 8. The van der Waals surface area contributed by atoms with E-state index in [-0.39, 0.29) is 12.1 Å². The normalized spacial score (nSPS) is 16.6. The molecule has 0 radical (unpaired) electrons. The quantitative estimate of drug-likeness (QED) is 0.277. The molecular weight excluding hydrogens is 546 g/mol. The molecule has 43 heavy (non-hydrogen) atoms. The van der Waals surface area contributed by atoms with Crippen LogP contribution in [0.4, 0.5) is 16.3 Å². The van der Waals surface area contributed by atoms with Gasteiger partial charge in [-0.1, -0.05) is 18.2 Å². The van der Waals surface area contributed by atoms with Crippen molar-refractivity contribution in [2.45, 2.75) is 37.8 Å². The van der Waals surface area contributed by atoms with E-state index in [1.165, 1.54) is 11.2 Å². The number of anilines is 2. The van der Waals surface area contributed by atoms with E-state index < -0.39 is 6.09 Å². The first kappa shape index (κ1) is 26.7. The molecule has 0 unspecified atom stereocenters. The summed E-state index contributed by atoms with van der Waals surface area (Å²) in [6, 6.07) is 17.9. The minimum absolute atomic E-state index is 0.165. The van der Waals surface area contributed by atoms with E-state index in [2.05, 4.69) is 26.2 Å². The third-order valence-corrected chi connectivity index (χ3v) is 8.50. The average molecular weight is 580 g/mol. The number of amides is 1. The van der Waals surface area contributed by atoms with E-state index in [4.69, 9.17) is 15.6 Å². The number of nitrogen functional groups attached to an aromatic ring is 1. The van der Waals surface area contributed by atoms with Crippen LogP contribution in [0, 0.1) is 0 Å². The molecule has 0 spiro atoms. The molecule has 3 aromatic heterocycles. The number of carboxylic acid groups (broad SMARTS) is 1. The lowest BCUT2D eigenvalue weighted by Crippen LogP contribution is -2.38. The second-order valence-corrected chi connectivity index (χ2v) is 11.1. The number of para-hydroxylation sites is 1. The van der Waals surface area contributed by atoms with Crippen LogP contribution in [0.3, 0.4) is 0 Å². The molecule has 12 heteroatoms. The van der Waals surface area contributed by atoms with Crippen molar-refractivity contribution in [3.63, 3.8) is 0 Å². The molecule has 12 nitrogen and oxygen atoms in total. The monoisotopic (exact) mass is 579 g/mol. The van der Waals surface area contributed by atoms with Gasteiger partial charge in [-0.25, -0.2) is 19.4 Å². The molecule has 3 N–H and O–H groups in total. The van der Waals surface area contributed by atoms with Gasteiger partial charge in [0.1, 0.15) is 29.3 Å². The number of benzene rings is 2. The molecule has 0 saturated carbocycles. The highest BCUT2D eigenvalue weighted by molar-refractivity contribution is 5.98. The van der Waals surface area contributed by atoms with Crippen LogP contribution in [0.25, 0.3) is 22.3 Å². The van der Waals surface area contributed by atoms with E-state index in [9.17, 15) is 9.90 Å². The summed E-state index contributed by atoms with van der Waals surface area (Å²) >= 11 is 0. The van der Waals surface area contributed by atoms with E-state index in [0.717, 1.165) is 78.2 Å². The van der Waals surface area contributed by atoms with Crippen LogP contribution < -0.4 is 15.4 Å². The van der Waals surface area contributed by atoms with Crippen molar-refractivity contribution in [2.24, 2.45) is 0 Å². The third-order valence-electron chi connectivity index (χ3n) is 8.50. The maximum Gasteiger partial charge on any atom is 0.407 e. The van der Waals surface area contributed by atoms with Crippen molar-refractivity contribution in [1.29, 1.82) is 0 Å². The maximum absolute atomic E-state index is 11.2. The van der Waals surface area contributed by atoms with Crippen LogP contribution in [0.15, 0.2) is 73.3 Å². The summed E-state index contributed by atoms with van der Waals surface area (Å²) in [5.41, 5.74) is 9.89. The Kier molecular flexibility index (Phi) is 7.01. The lowest BCUT2D eigenvalue weighted by atomic mass is 10.0. The van der Waals surface area contributed by atoms with Crippen LogP contribution in [0.5, 0.6) is 11.5 Å². The number of aromatic nitrogens is 6. The van der Waals surface area contributed by atoms with Gasteiger partial charge in [-0.05, 0) is 62.1 Å². The smallest absolute Gasteiger partial charge is 0.407 e. The number of piperidine rings is 2. The number of nitrogens with two attached hydrogens (primary N) is 1. The first-order valence-electron chi connectivity index (χ1n) is 14.6. The summed E-state index contributed by atoms with van der Waals surface area (Å²) in [6.07, 6.45) is 8.02. The van der Waals surface area contributed by atoms with Crippen LogP contribution in [-0.4, -0.2) is 71.8 Å². The largest absolute Gasteiger partial charge is 0.465 e. The molecule has 2 aliphatic heterocycles. The molecule has 0 bridgehead atoms. The van der Waals surface area contributed by atoms with Crippen LogP contribution >= 0.6 is 0 Å². The van der Waals surface area contributed by atoms with Crippen molar-refractivity contribution in [3.05, 3.63) is 73.3 Å². The fraction of sp³-hybridized carbons (Fsp3) is 0.323. The number of ether oxygens (including phenoxy) is 1. The maximum atomic E-state index is 11.2. The minimum atomic E-state index is -0.847. The molecule has 2 aromatic carbocycles. The molecule has 5 heterocycles. The Balaban J connectivity index is 1.06. The Morgan fingerprint density at radius 2 is 1.58 bits per heavy atom. The summed E-state index contributed by atoms with van der Waals surface area (Å²) in [5, 5.41) is 19.7. The van der Waals surface area contributed by atoms with Gasteiger partial charge in [0.15, 0.2) is 5.65 Å². The highest BCUT2D eigenvalue weighted by Gasteiger charge is 2.28. The molecule has 7 rings (SSSR count). The zero-order chi connectivity index (χ0) is 29.3. The van der Waals surface area contributed by atoms with Gasteiger partial charge < -0.3 is 25.4 Å². The van der Waals surface area contributed by atoms with Crippen molar-refractivity contribution >= 4 is 28.6 Å². The number of rotatable bonds is 6. The lowest BCUT2D eigenvalue weighted by Gasteiger charge is -2.33. The molecule has 0 atom stereocenters. The summed E-state index contributed by atoms with van der Waals surface area (Å²) in [4.78, 5) is 23.9. The molecule has 220 valence electrons. The summed E-state index contributed by atoms with van der Waals surface area (Å²) < 4.78 is 9.99. The van der Waals surface area contributed by atoms with Gasteiger partial charge in [0.25, 0.3) is 0 Å². The number of fused-ring (bicyclic) bond motifs is 1. The molecule has 0 aliphatic carbocycles. The van der Waals surface area contributed by atoms with Crippen molar-refractivity contribution in [2.75, 3.05) is 36.8 Å². The Morgan fingerprint density at radius 3 is 2.30 bits per heavy atom. The number of nitrogens with zero attached hydrogens (tertiary/aromatic N) is 8. The summed E-state index contributed by atoms with van der Waals surface area (Å²) in [6.45, 7) is 2.80. The Hall–Kier alpha value is -5.13. The first-order valence-corrected chi connectivity index (χ1v) is 14.6. The molecular formula is C31H33N9O3. The van der Waals surface area contributed by atoms with Gasteiger partial charge in [-0.2, -0.15) is 10.2 Å². The zero-order valence-electron chi connectivity index (χ0n) is 23.7. The third kappa shape index (κ3) is 5.31. The van der Waals surface area contributed by atoms with Gasteiger partial charge in [0.05, 0.1) is 29.4 Å². The fourth-order valence-corrected chi connectivity index (χ4v) is 6.14. The minimum Gasteiger partial charge on any atom is -0.465 e. The molecule has 2 aliphatic rings. The molecule has 5 aromatic rings. The Labute approximate surface area is 248 Å². The number of likely N-dealkylation sites (tertiary alicyclic amines) is 1. The second-order valence-electron chi connectivity index (χ2n) is 11.1. The van der Waals surface area contributed by atoms with Gasteiger partial charge in [-0.15, -0.1) is 0 Å². The van der Waals surface area contributed by atoms with Crippen molar-refractivity contribution in [3.8, 4) is 22.8 Å². The summed E-state index contributed by atoms with van der Waals surface area (Å²) in [7, 11) is 0. The standard InChI is InChI=1S/C31H33N9O3/c32-29-27-28(21-6-8-26(9-7-21)43-25-4-2-1-3-5-25)36-40(30(27)34-20-33-29)23-12-14-37(15-13-23)24-18-35-39(19-24)22-10-16-38(17-11-22)31(41)42/h1-9,18-20,22-23H,10-17H2,(H,41,42)(H2,32,33,34). The molecule has 2 saturated heterocycles.